The lowest BCUT2D eigenvalue weighted by molar-refractivity contribution is 0.0169. The number of ether oxygens (including phenoxy) is 1. The average Bonchev–Trinajstić information content (AvgIpc) is 3.03. The van der Waals surface area contributed by atoms with Crippen LogP contribution in [0.5, 0.6) is 0 Å². The fraction of sp³-hybridized carbons (Fsp3) is 0.944. The Morgan fingerprint density at radius 3 is 2.37 bits per heavy atom. The van der Waals surface area contributed by atoms with Gasteiger partial charge in [-0.15, -0.1) is 24.0 Å². The molecule has 0 radical (unpaired) electrons. The minimum atomic E-state index is -3.26. The van der Waals surface area contributed by atoms with Crippen molar-refractivity contribution in [2.45, 2.75) is 71.4 Å². The summed E-state index contributed by atoms with van der Waals surface area (Å²) in [6.45, 7) is 10.4. The zero-order valence-corrected chi connectivity index (χ0v) is 20.7. The van der Waals surface area contributed by atoms with Crippen molar-refractivity contribution in [3.63, 3.8) is 0 Å². The van der Waals surface area contributed by atoms with Crippen LogP contribution in [0, 0.1) is 5.92 Å². The van der Waals surface area contributed by atoms with Gasteiger partial charge in [-0.25, -0.2) is 13.1 Å². The third-order valence-electron chi connectivity index (χ3n) is 4.47. The topological polar surface area (TPSA) is 91.8 Å². The van der Waals surface area contributed by atoms with E-state index < -0.39 is 15.6 Å². The number of rotatable bonds is 11. The molecule has 162 valence electrons. The standard InChI is InChI=1S/C18H38N4O3S.HI/c1-6-19-17(21-14-18(3,4)22-26(5,23)24)20-13-12-16(25-7-2)15-10-8-9-11-15;/h15-16,22H,6-14H2,1-5H3,(H2,19,20,21);1H. The summed E-state index contributed by atoms with van der Waals surface area (Å²) >= 11 is 0. The highest BCUT2D eigenvalue weighted by Crippen LogP contribution is 2.30. The normalized spacial score (nSPS) is 17.4. The van der Waals surface area contributed by atoms with Crippen molar-refractivity contribution >= 4 is 40.0 Å². The molecule has 9 heteroatoms. The van der Waals surface area contributed by atoms with Crippen molar-refractivity contribution in [2.24, 2.45) is 10.9 Å². The molecule has 1 atom stereocenters. The summed E-state index contributed by atoms with van der Waals surface area (Å²) in [7, 11) is -3.26. The highest BCUT2D eigenvalue weighted by Gasteiger charge is 2.25. The van der Waals surface area contributed by atoms with Gasteiger partial charge in [0.25, 0.3) is 0 Å². The molecule has 0 spiro atoms. The van der Waals surface area contributed by atoms with E-state index in [-0.39, 0.29) is 24.0 Å². The van der Waals surface area contributed by atoms with E-state index in [1.54, 1.807) is 0 Å². The molecule has 0 aromatic rings. The van der Waals surface area contributed by atoms with Crippen LogP contribution in [0.15, 0.2) is 4.99 Å². The first-order valence-corrected chi connectivity index (χ1v) is 11.7. The molecule has 0 heterocycles. The van der Waals surface area contributed by atoms with Crippen LogP contribution < -0.4 is 15.4 Å². The average molecular weight is 519 g/mol. The molecule has 1 unspecified atom stereocenters. The van der Waals surface area contributed by atoms with E-state index in [4.69, 9.17) is 4.74 Å². The molecule has 7 nitrogen and oxygen atoms in total. The molecule has 1 aliphatic rings. The van der Waals surface area contributed by atoms with E-state index in [9.17, 15) is 8.42 Å². The summed E-state index contributed by atoms with van der Waals surface area (Å²) in [5.41, 5.74) is -0.631. The highest BCUT2D eigenvalue weighted by molar-refractivity contribution is 14.0. The van der Waals surface area contributed by atoms with Gasteiger partial charge in [-0.3, -0.25) is 4.99 Å². The van der Waals surface area contributed by atoms with E-state index in [1.807, 2.05) is 20.8 Å². The number of hydrogen-bond donors (Lipinski definition) is 3. The highest BCUT2D eigenvalue weighted by atomic mass is 127. The molecule has 1 fully saturated rings. The predicted octanol–water partition coefficient (Wildman–Crippen LogP) is 2.47. The van der Waals surface area contributed by atoms with Crippen LogP contribution in [-0.4, -0.2) is 58.5 Å². The Hall–Kier alpha value is -0.130. The molecule has 1 saturated carbocycles. The summed E-state index contributed by atoms with van der Waals surface area (Å²) in [4.78, 5) is 4.54. The van der Waals surface area contributed by atoms with Crippen LogP contribution in [-0.2, 0) is 14.8 Å². The Labute approximate surface area is 183 Å². The molecule has 0 amide bonds. The van der Waals surface area contributed by atoms with Crippen molar-refractivity contribution < 1.29 is 13.2 Å². The van der Waals surface area contributed by atoms with Crippen LogP contribution >= 0.6 is 24.0 Å². The van der Waals surface area contributed by atoms with Crippen molar-refractivity contribution in [1.29, 1.82) is 0 Å². The Morgan fingerprint density at radius 2 is 1.85 bits per heavy atom. The molecule has 0 aromatic heterocycles. The van der Waals surface area contributed by atoms with Gasteiger partial charge in [0.05, 0.1) is 18.9 Å². The largest absolute Gasteiger partial charge is 0.378 e. The summed E-state index contributed by atoms with van der Waals surface area (Å²) < 4.78 is 31.5. The fourth-order valence-electron chi connectivity index (χ4n) is 3.48. The van der Waals surface area contributed by atoms with Gasteiger partial charge < -0.3 is 15.4 Å². The number of guanidine groups is 1. The van der Waals surface area contributed by atoms with E-state index in [1.165, 1.54) is 31.9 Å². The smallest absolute Gasteiger partial charge is 0.209 e. The number of halogens is 1. The Bertz CT molecular complexity index is 535. The van der Waals surface area contributed by atoms with Crippen LogP contribution in [0.4, 0.5) is 0 Å². The second-order valence-corrected chi connectivity index (χ2v) is 9.46. The maximum absolute atomic E-state index is 11.4. The lowest BCUT2D eigenvalue weighted by Gasteiger charge is -2.25. The number of aliphatic imine (C=N–C) groups is 1. The minimum absolute atomic E-state index is 0. The molecular formula is C18H39IN4O3S. The van der Waals surface area contributed by atoms with Gasteiger partial charge in [-0.1, -0.05) is 12.8 Å². The first-order valence-electron chi connectivity index (χ1n) is 9.79. The summed E-state index contributed by atoms with van der Waals surface area (Å²) in [5.74, 6) is 1.38. The van der Waals surface area contributed by atoms with Crippen LogP contribution in [0.3, 0.4) is 0 Å². The first-order chi connectivity index (χ1) is 12.2. The molecule has 1 aliphatic carbocycles. The van der Waals surface area contributed by atoms with Crippen molar-refractivity contribution in [3.8, 4) is 0 Å². The molecule has 1 rings (SSSR count). The van der Waals surface area contributed by atoms with E-state index in [0.717, 1.165) is 26.1 Å². The SMILES string of the molecule is CCNC(=NCC(C)(C)NS(C)(=O)=O)NCCC(OCC)C1CCCC1.I. The summed E-state index contributed by atoms with van der Waals surface area (Å²) in [6, 6.07) is 0. The first kappa shape index (κ1) is 26.9. The Morgan fingerprint density at radius 1 is 1.22 bits per heavy atom. The fourth-order valence-corrected chi connectivity index (χ4v) is 4.55. The molecule has 3 N–H and O–H groups in total. The van der Waals surface area contributed by atoms with Gasteiger partial charge in [-0.05, 0) is 52.9 Å². The number of nitrogens with one attached hydrogen (secondary N) is 3. The van der Waals surface area contributed by atoms with Gasteiger partial charge >= 0.3 is 0 Å². The monoisotopic (exact) mass is 518 g/mol. The Kier molecular flexibility index (Phi) is 13.1. The second kappa shape index (κ2) is 13.2. The minimum Gasteiger partial charge on any atom is -0.378 e. The van der Waals surface area contributed by atoms with Gasteiger partial charge in [0.1, 0.15) is 0 Å². The molecular weight excluding hydrogens is 479 g/mol. The van der Waals surface area contributed by atoms with E-state index >= 15 is 0 Å². The summed E-state index contributed by atoms with van der Waals surface area (Å²) in [5, 5.41) is 6.56. The van der Waals surface area contributed by atoms with Crippen LogP contribution in [0.2, 0.25) is 0 Å². The second-order valence-electron chi connectivity index (χ2n) is 7.71. The predicted molar refractivity (Wildman–Crippen MR) is 123 cm³/mol. The van der Waals surface area contributed by atoms with Gasteiger partial charge in [-0.2, -0.15) is 0 Å². The lowest BCUT2D eigenvalue weighted by atomic mass is 9.98. The molecule has 27 heavy (non-hydrogen) atoms. The lowest BCUT2D eigenvalue weighted by Crippen LogP contribution is -2.47. The van der Waals surface area contributed by atoms with E-state index in [0.29, 0.717) is 24.5 Å². The van der Waals surface area contributed by atoms with E-state index in [2.05, 4.69) is 27.3 Å². The van der Waals surface area contributed by atoms with Crippen molar-refractivity contribution in [1.82, 2.24) is 15.4 Å². The van der Waals surface area contributed by atoms with Gasteiger partial charge in [0.15, 0.2) is 5.96 Å². The number of nitrogens with zero attached hydrogens (tertiary/aromatic N) is 1. The van der Waals surface area contributed by atoms with Gasteiger partial charge in [0.2, 0.25) is 10.0 Å². The zero-order valence-electron chi connectivity index (χ0n) is 17.5. The third-order valence-corrected chi connectivity index (χ3v) is 5.39. The molecule has 0 saturated heterocycles. The van der Waals surface area contributed by atoms with Gasteiger partial charge in [0, 0.05) is 25.2 Å². The number of sulfonamides is 1. The van der Waals surface area contributed by atoms with Crippen molar-refractivity contribution in [2.75, 3.05) is 32.5 Å². The maximum Gasteiger partial charge on any atom is 0.209 e. The van der Waals surface area contributed by atoms with Crippen molar-refractivity contribution in [3.05, 3.63) is 0 Å². The maximum atomic E-state index is 11.4. The summed E-state index contributed by atoms with van der Waals surface area (Å²) in [6.07, 6.45) is 7.59. The third kappa shape index (κ3) is 12.1. The van der Waals surface area contributed by atoms with Crippen LogP contribution in [0.25, 0.3) is 0 Å². The molecule has 0 bridgehead atoms. The zero-order chi connectivity index (χ0) is 19.6. The number of hydrogen-bond acceptors (Lipinski definition) is 4. The Balaban J connectivity index is 0.00000676. The molecule has 0 aromatic carbocycles. The molecule has 0 aliphatic heterocycles. The van der Waals surface area contributed by atoms with Crippen LogP contribution in [0.1, 0.15) is 59.8 Å². The quantitative estimate of drug-likeness (QED) is 0.222.